The molecule has 3 aromatic rings. The van der Waals surface area contributed by atoms with E-state index in [0.717, 1.165) is 28.2 Å². The zero-order chi connectivity index (χ0) is 19.4. The summed E-state index contributed by atoms with van der Waals surface area (Å²) in [4.78, 5) is 18.2. The molecule has 0 aliphatic heterocycles. The molecule has 138 valence electrons. The van der Waals surface area contributed by atoms with E-state index < -0.39 is 0 Å². The van der Waals surface area contributed by atoms with E-state index in [0.29, 0.717) is 6.54 Å². The van der Waals surface area contributed by atoms with E-state index in [1.807, 2.05) is 18.2 Å². The highest BCUT2D eigenvalue weighted by atomic mass is 16.2. The molecule has 0 fully saturated rings. The molecule has 0 aliphatic rings. The van der Waals surface area contributed by atoms with Crippen LogP contribution in [0.4, 0.5) is 0 Å². The predicted octanol–water partition coefficient (Wildman–Crippen LogP) is 4.47. The number of aromatic nitrogens is 2. The maximum atomic E-state index is 12.4. The van der Waals surface area contributed by atoms with Crippen molar-refractivity contribution in [2.75, 3.05) is 7.05 Å². The van der Waals surface area contributed by atoms with Crippen LogP contribution in [-0.4, -0.2) is 27.4 Å². The number of hydrogen-bond donors (Lipinski definition) is 0. The molecule has 2 aromatic heterocycles. The molecule has 2 heterocycles. The number of carbonyl (C=O) groups excluding carboxylic acids is 1. The largest absolute Gasteiger partial charge is 0.338 e. The van der Waals surface area contributed by atoms with Crippen molar-refractivity contribution in [1.82, 2.24) is 14.5 Å². The second-order valence-corrected chi connectivity index (χ2v) is 6.89. The normalized spacial score (nSPS) is 11.1. The lowest BCUT2D eigenvalue weighted by Gasteiger charge is -2.14. The number of aryl methyl sites for hydroxylation is 2. The van der Waals surface area contributed by atoms with Crippen LogP contribution < -0.4 is 0 Å². The topological polar surface area (TPSA) is 38.1 Å². The summed E-state index contributed by atoms with van der Waals surface area (Å²) in [5, 5.41) is 0. The molecule has 4 heteroatoms. The molecule has 0 aliphatic carbocycles. The molecule has 1 amide bonds. The molecule has 0 unspecified atom stereocenters. The van der Waals surface area contributed by atoms with Gasteiger partial charge in [0, 0.05) is 49.1 Å². The van der Waals surface area contributed by atoms with E-state index >= 15 is 0 Å². The number of pyridine rings is 1. The molecule has 0 N–H and O–H groups in total. The number of benzene rings is 1. The predicted molar refractivity (Wildman–Crippen MR) is 110 cm³/mol. The Morgan fingerprint density at radius 2 is 1.89 bits per heavy atom. The van der Waals surface area contributed by atoms with Crippen LogP contribution in [0.3, 0.4) is 0 Å². The van der Waals surface area contributed by atoms with E-state index in [9.17, 15) is 4.79 Å². The van der Waals surface area contributed by atoms with Crippen LogP contribution >= 0.6 is 0 Å². The highest BCUT2D eigenvalue weighted by Gasteiger charge is 2.10. The zero-order valence-corrected chi connectivity index (χ0v) is 16.3. The molecule has 1 aromatic carbocycles. The average Bonchev–Trinajstić information content (AvgIpc) is 2.95. The van der Waals surface area contributed by atoms with Crippen molar-refractivity contribution in [3.63, 3.8) is 0 Å². The molecule has 0 spiro atoms. The second kappa shape index (κ2) is 8.04. The SMILES string of the molecule is Cc1ccc(-n2c(C)cc(/C=C/C(=O)N(C)Cc3cccnc3)c2C)cc1. The second-order valence-electron chi connectivity index (χ2n) is 6.89. The lowest BCUT2D eigenvalue weighted by molar-refractivity contribution is -0.125. The van der Waals surface area contributed by atoms with Crippen LogP contribution in [-0.2, 0) is 11.3 Å². The molecule has 0 bridgehead atoms. The number of carbonyl (C=O) groups is 1. The van der Waals surface area contributed by atoms with Gasteiger partial charge in [0.25, 0.3) is 0 Å². The maximum absolute atomic E-state index is 12.4. The van der Waals surface area contributed by atoms with Crippen LogP contribution in [0.1, 0.15) is 28.1 Å². The number of nitrogens with zero attached hydrogens (tertiary/aromatic N) is 3. The Morgan fingerprint density at radius 1 is 1.15 bits per heavy atom. The first-order valence-corrected chi connectivity index (χ1v) is 9.04. The van der Waals surface area contributed by atoms with Crippen LogP contribution in [0.5, 0.6) is 0 Å². The first-order chi connectivity index (χ1) is 13.0. The minimum atomic E-state index is -0.0287. The van der Waals surface area contributed by atoms with E-state index in [4.69, 9.17) is 0 Å². The summed E-state index contributed by atoms with van der Waals surface area (Å²) in [6.45, 7) is 6.79. The van der Waals surface area contributed by atoms with Gasteiger partial charge in [-0.05, 0) is 62.2 Å². The average molecular weight is 359 g/mol. The molecular formula is C23H25N3O. The zero-order valence-electron chi connectivity index (χ0n) is 16.3. The van der Waals surface area contributed by atoms with Gasteiger partial charge in [-0.3, -0.25) is 9.78 Å². The van der Waals surface area contributed by atoms with Gasteiger partial charge in [0.05, 0.1) is 0 Å². The Balaban J connectivity index is 1.76. The van der Waals surface area contributed by atoms with Gasteiger partial charge in [-0.15, -0.1) is 0 Å². The fourth-order valence-corrected chi connectivity index (χ4v) is 3.18. The van der Waals surface area contributed by atoms with Gasteiger partial charge in [0.2, 0.25) is 5.91 Å². The lowest BCUT2D eigenvalue weighted by Crippen LogP contribution is -2.24. The summed E-state index contributed by atoms with van der Waals surface area (Å²) in [7, 11) is 1.80. The molecule has 0 saturated carbocycles. The first-order valence-electron chi connectivity index (χ1n) is 9.04. The number of likely N-dealkylation sites (N-methyl/N-ethyl adjacent to an activating group) is 1. The Hall–Kier alpha value is -3.14. The van der Waals surface area contributed by atoms with Crippen molar-refractivity contribution < 1.29 is 4.79 Å². The van der Waals surface area contributed by atoms with Crippen molar-refractivity contribution in [3.8, 4) is 5.69 Å². The third-order valence-corrected chi connectivity index (χ3v) is 4.69. The summed E-state index contributed by atoms with van der Waals surface area (Å²) in [6.07, 6.45) is 7.05. The summed E-state index contributed by atoms with van der Waals surface area (Å²) in [5.41, 5.74) is 6.71. The van der Waals surface area contributed by atoms with E-state index in [1.165, 1.54) is 5.56 Å². The summed E-state index contributed by atoms with van der Waals surface area (Å²) < 4.78 is 2.21. The summed E-state index contributed by atoms with van der Waals surface area (Å²) >= 11 is 0. The smallest absolute Gasteiger partial charge is 0.246 e. The molecule has 0 saturated heterocycles. The Morgan fingerprint density at radius 3 is 2.56 bits per heavy atom. The maximum Gasteiger partial charge on any atom is 0.246 e. The van der Waals surface area contributed by atoms with Crippen molar-refractivity contribution >= 4 is 12.0 Å². The minimum Gasteiger partial charge on any atom is -0.338 e. The molecule has 3 rings (SSSR count). The molecule has 27 heavy (non-hydrogen) atoms. The fourth-order valence-electron chi connectivity index (χ4n) is 3.18. The standard InChI is InChI=1S/C23H25N3O/c1-17-7-10-22(11-8-17)26-18(2)14-21(19(26)3)9-12-23(27)25(4)16-20-6-5-13-24-15-20/h5-15H,16H2,1-4H3/b12-9+. The minimum absolute atomic E-state index is 0.0287. The first kappa shape index (κ1) is 18.6. The van der Waals surface area contributed by atoms with Gasteiger partial charge in [0.15, 0.2) is 0 Å². The third kappa shape index (κ3) is 4.34. The van der Waals surface area contributed by atoms with E-state index in [2.05, 4.69) is 60.7 Å². The van der Waals surface area contributed by atoms with E-state index in [-0.39, 0.29) is 5.91 Å². The Kier molecular flexibility index (Phi) is 5.55. The van der Waals surface area contributed by atoms with Crippen molar-refractivity contribution in [3.05, 3.63) is 89.0 Å². The van der Waals surface area contributed by atoms with Gasteiger partial charge >= 0.3 is 0 Å². The quantitative estimate of drug-likeness (QED) is 0.631. The highest BCUT2D eigenvalue weighted by Crippen LogP contribution is 2.22. The number of amides is 1. The van der Waals surface area contributed by atoms with Crippen LogP contribution in [0.15, 0.2) is 60.9 Å². The van der Waals surface area contributed by atoms with Crippen molar-refractivity contribution in [2.45, 2.75) is 27.3 Å². The highest BCUT2D eigenvalue weighted by molar-refractivity contribution is 5.91. The lowest BCUT2D eigenvalue weighted by atomic mass is 10.2. The fraction of sp³-hybridized carbons (Fsp3) is 0.217. The number of rotatable bonds is 5. The monoisotopic (exact) mass is 359 g/mol. The van der Waals surface area contributed by atoms with Crippen molar-refractivity contribution in [1.29, 1.82) is 0 Å². The van der Waals surface area contributed by atoms with E-state index in [1.54, 1.807) is 30.4 Å². The van der Waals surface area contributed by atoms with Gasteiger partial charge in [-0.2, -0.15) is 0 Å². The molecule has 0 radical (unpaired) electrons. The molecular weight excluding hydrogens is 334 g/mol. The number of hydrogen-bond acceptors (Lipinski definition) is 2. The summed E-state index contributed by atoms with van der Waals surface area (Å²) in [5.74, 6) is -0.0287. The van der Waals surface area contributed by atoms with Gasteiger partial charge in [-0.25, -0.2) is 0 Å². The third-order valence-electron chi connectivity index (χ3n) is 4.69. The van der Waals surface area contributed by atoms with Crippen LogP contribution in [0.2, 0.25) is 0 Å². The van der Waals surface area contributed by atoms with Crippen molar-refractivity contribution in [2.24, 2.45) is 0 Å². The Bertz CT molecular complexity index is 953. The van der Waals surface area contributed by atoms with Crippen LogP contribution in [0, 0.1) is 20.8 Å². The van der Waals surface area contributed by atoms with Gasteiger partial charge in [0.1, 0.15) is 0 Å². The van der Waals surface area contributed by atoms with Crippen LogP contribution in [0.25, 0.3) is 11.8 Å². The van der Waals surface area contributed by atoms with Gasteiger partial charge < -0.3 is 9.47 Å². The molecule has 4 nitrogen and oxygen atoms in total. The molecule has 0 atom stereocenters. The summed E-state index contributed by atoms with van der Waals surface area (Å²) in [6, 6.07) is 14.4. The van der Waals surface area contributed by atoms with Gasteiger partial charge in [-0.1, -0.05) is 23.8 Å². The Labute approximate surface area is 160 Å².